The van der Waals surface area contributed by atoms with Crippen molar-refractivity contribution in [2.75, 3.05) is 18.5 Å². The number of anilines is 1. The van der Waals surface area contributed by atoms with Crippen LogP contribution in [-0.2, 0) is 0 Å². The minimum atomic E-state index is -0.980. The summed E-state index contributed by atoms with van der Waals surface area (Å²) in [6.45, 7) is 1.19. The summed E-state index contributed by atoms with van der Waals surface area (Å²) in [6, 6.07) is 17.2. The van der Waals surface area contributed by atoms with Crippen LogP contribution in [0, 0.1) is 11.3 Å². The van der Waals surface area contributed by atoms with E-state index in [4.69, 9.17) is 10.00 Å². The number of fused-ring (bicyclic) bond motifs is 1. The van der Waals surface area contributed by atoms with Gasteiger partial charge in [0.1, 0.15) is 5.75 Å². The maximum atomic E-state index is 11.4. The molecule has 3 aromatic rings. The molecular formula is C23H19N3O3. The number of ether oxygens (including phenoxy) is 1. The average Bonchev–Trinajstić information content (AvgIpc) is 2.77. The van der Waals surface area contributed by atoms with Gasteiger partial charge in [-0.2, -0.15) is 5.26 Å². The maximum absolute atomic E-state index is 11.4. The second kappa shape index (κ2) is 8.03. The molecule has 6 heteroatoms. The number of pyridine rings is 1. The lowest BCUT2D eigenvalue weighted by Crippen LogP contribution is -2.21. The number of rotatable bonds is 5. The van der Waals surface area contributed by atoms with Crippen molar-refractivity contribution < 1.29 is 14.6 Å². The Morgan fingerprint density at radius 2 is 2.10 bits per heavy atom. The van der Waals surface area contributed by atoms with E-state index in [1.54, 1.807) is 6.07 Å². The van der Waals surface area contributed by atoms with Crippen LogP contribution < -0.4 is 10.1 Å². The van der Waals surface area contributed by atoms with Crippen LogP contribution in [0.3, 0.4) is 0 Å². The molecule has 2 N–H and O–H groups in total. The molecule has 0 spiro atoms. The molecule has 0 saturated carbocycles. The molecular weight excluding hydrogens is 366 g/mol. The fourth-order valence-electron chi connectivity index (χ4n) is 3.58. The van der Waals surface area contributed by atoms with Gasteiger partial charge in [-0.3, -0.25) is 4.98 Å². The Bertz CT molecular complexity index is 1100. The van der Waals surface area contributed by atoms with Crippen LogP contribution in [0.5, 0.6) is 5.75 Å². The number of nitrogens with one attached hydrogen (secondary N) is 1. The van der Waals surface area contributed by atoms with Gasteiger partial charge in [-0.15, -0.1) is 0 Å². The number of carboxylic acids is 1. The molecule has 144 valence electrons. The summed E-state index contributed by atoms with van der Waals surface area (Å²) in [5, 5.41) is 21.7. The van der Waals surface area contributed by atoms with Crippen molar-refractivity contribution >= 4 is 11.7 Å². The first-order chi connectivity index (χ1) is 14.2. The fourth-order valence-corrected chi connectivity index (χ4v) is 3.58. The molecule has 29 heavy (non-hydrogen) atoms. The van der Waals surface area contributed by atoms with E-state index in [9.17, 15) is 9.90 Å². The first-order valence-corrected chi connectivity index (χ1v) is 9.34. The number of aromatic carboxylic acids is 1. The van der Waals surface area contributed by atoms with Gasteiger partial charge in [0.15, 0.2) is 0 Å². The molecule has 0 fully saturated rings. The van der Waals surface area contributed by atoms with Gasteiger partial charge in [-0.05, 0) is 47.4 Å². The molecule has 1 aliphatic rings. The third-order valence-corrected chi connectivity index (χ3v) is 5.09. The van der Waals surface area contributed by atoms with Gasteiger partial charge in [-0.1, -0.05) is 24.3 Å². The Labute approximate surface area is 168 Å². The van der Waals surface area contributed by atoms with E-state index in [2.05, 4.69) is 22.4 Å². The van der Waals surface area contributed by atoms with E-state index in [0.717, 1.165) is 28.9 Å². The van der Waals surface area contributed by atoms with E-state index >= 15 is 0 Å². The van der Waals surface area contributed by atoms with E-state index in [1.165, 1.54) is 18.5 Å². The summed E-state index contributed by atoms with van der Waals surface area (Å²) in [5.74, 6) is 0.0409. The summed E-state index contributed by atoms with van der Waals surface area (Å²) in [7, 11) is 0. The summed E-state index contributed by atoms with van der Waals surface area (Å²) in [6.07, 6.45) is 3.85. The number of carbonyl (C=O) groups is 1. The van der Waals surface area contributed by atoms with Crippen molar-refractivity contribution in [3.8, 4) is 22.9 Å². The highest BCUT2D eigenvalue weighted by molar-refractivity contribution is 5.93. The summed E-state index contributed by atoms with van der Waals surface area (Å²) < 4.78 is 5.89. The van der Waals surface area contributed by atoms with Crippen molar-refractivity contribution in [2.45, 2.75) is 12.3 Å². The van der Waals surface area contributed by atoms with Crippen LogP contribution in [-0.4, -0.2) is 29.2 Å². The highest BCUT2D eigenvalue weighted by atomic mass is 16.5. The number of benzene rings is 2. The summed E-state index contributed by atoms with van der Waals surface area (Å²) in [4.78, 5) is 15.4. The first-order valence-electron chi connectivity index (χ1n) is 9.34. The second-order valence-corrected chi connectivity index (χ2v) is 6.89. The van der Waals surface area contributed by atoms with Crippen molar-refractivity contribution in [1.29, 1.82) is 5.26 Å². The molecule has 0 unspecified atom stereocenters. The molecule has 1 aromatic heterocycles. The smallest absolute Gasteiger partial charge is 0.337 e. The zero-order valence-electron chi connectivity index (χ0n) is 15.6. The van der Waals surface area contributed by atoms with Crippen molar-refractivity contribution in [1.82, 2.24) is 4.98 Å². The fraction of sp³-hybridized carbons (Fsp3) is 0.174. The first kappa shape index (κ1) is 18.5. The molecule has 6 nitrogen and oxygen atoms in total. The van der Waals surface area contributed by atoms with Gasteiger partial charge in [0, 0.05) is 18.7 Å². The maximum Gasteiger partial charge on any atom is 0.337 e. The highest BCUT2D eigenvalue weighted by Crippen LogP contribution is 2.37. The predicted octanol–water partition coefficient (Wildman–Crippen LogP) is 4.30. The second-order valence-electron chi connectivity index (χ2n) is 6.89. The molecule has 4 rings (SSSR count). The standard InChI is InChI=1S/C23H19N3O3/c24-12-15-2-1-3-16(10-15)17-4-5-19-18(7-9-29-22(19)11-17)13-26-21-14-25-8-6-20(21)23(27)28/h1-6,8,10-11,14,18,26H,7,9,13H2,(H,27,28)/t18-/m1/s1. The zero-order valence-corrected chi connectivity index (χ0v) is 15.6. The van der Waals surface area contributed by atoms with Gasteiger partial charge in [-0.25, -0.2) is 4.79 Å². The van der Waals surface area contributed by atoms with E-state index in [1.807, 2.05) is 30.3 Å². The van der Waals surface area contributed by atoms with Crippen LogP contribution >= 0.6 is 0 Å². The number of hydrogen-bond acceptors (Lipinski definition) is 5. The quantitative estimate of drug-likeness (QED) is 0.680. The summed E-state index contributed by atoms with van der Waals surface area (Å²) in [5.41, 5.74) is 4.39. The lowest BCUT2D eigenvalue weighted by Gasteiger charge is -2.27. The largest absolute Gasteiger partial charge is 0.493 e. The molecule has 1 aliphatic heterocycles. The van der Waals surface area contributed by atoms with Crippen LogP contribution in [0.25, 0.3) is 11.1 Å². The number of aromatic nitrogens is 1. The molecule has 2 aromatic carbocycles. The van der Waals surface area contributed by atoms with Gasteiger partial charge < -0.3 is 15.2 Å². The lowest BCUT2D eigenvalue weighted by atomic mass is 9.90. The third kappa shape index (κ3) is 3.90. The molecule has 1 atom stereocenters. The molecule has 2 heterocycles. The number of nitrogens with zero attached hydrogens (tertiary/aromatic N) is 2. The van der Waals surface area contributed by atoms with Gasteiger partial charge in [0.05, 0.1) is 35.7 Å². The van der Waals surface area contributed by atoms with Crippen molar-refractivity contribution in [2.24, 2.45) is 0 Å². The Morgan fingerprint density at radius 1 is 1.24 bits per heavy atom. The third-order valence-electron chi connectivity index (χ3n) is 5.09. The van der Waals surface area contributed by atoms with E-state index < -0.39 is 5.97 Å². The summed E-state index contributed by atoms with van der Waals surface area (Å²) >= 11 is 0. The lowest BCUT2D eigenvalue weighted by molar-refractivity contribution is 0.0697. The predicted molar refractivity (Wildman–Crippen MR) is 109 cm³/mol. The Balaban J connectivity index is 1.56. The van der Waals surface area contributed by atoms with Crippen LogP contribution in [0.15, 0.2) is 60.9 Å². The molecule has 0 saturated heterocycles. The van der Waals surface area contributed by atoms with Crippen LogP contribution in [0.4, 0.5) is 5.69 Å². The molecule has 0 amide bonds. The normalized spacial score (nSPS) is 14.9. The number of carboxylic acid groups (broad SMARTS) is 1. The minimum Gasteiger partial charge on any atom is -0.493 e. The van der Waals surface area contributed by atoms with Crippen molar-refractivity contribution in [3.05, 3.63) is 77.6 Å². The minimum absolute atomic E-state index is 0.195. The highest BCUT2D eigenvalue weighted by Gasteiger charge is 2.22. The number of nitriles is 1. The molecule has 0 bridgehead atoms. The van der Waals surface area contributed by atoms with E-state index in [0.29, 0.717) is 24.4 Å². The van der Waals surface area contributed by atoms with Crippen LogP contribution in [0.2, 0.25) is 0 Å². The molecule has 0 aliphatic carbocycles. The topological polar surface area (TPSA) is 95.2 Å². The van der Waals surface area contributed by atoms with Gasteiger partial charge in [0.25, 0.3) is 0 Å². The van der Waals surface area contributed by atoms with Crippen molar-refractivity contribution in [3.63, 3.8) is 0 Å². The Kier molecular flexibility index (Phi) is 5.12. The van der Waals surface area contributed by atoms with E-state index in [-0.39, 0.29) is 11.5 Å². The monoisotopic (exact) mass is 385 g/mol. The Morgan fingerprint density at radius 3 is 2.93 bits per heavy atom. The SMILES string of the molecule is N#Cc1cccc(-c2ccc3c(c2)OCC[C@@H]3CNc2cnccc2C(=O)O)c1. The van der Waals surface area contributed by atoms with Gasteiger partial charge >= 0.3 is 5.97 Å². The zero-order chi connectivity index (χ0) is 20.2. The van der Waals surface area contributed by atoms with Gasteiger partial charge in [0.2, 0.25) is 0 Å². The molecule has 0 radical (unpaired) electrons. The average molecular weight is 385 g/mol. The Hall–Kier alpha value is -3.85. The van der Waals surface area contributed by atoms with Crippen LogP contribution in [0.1, 0.15) is 33.8 Å². The number of hydrogen-bond donors (Lipinski definition) is 2.